The van der Waals surface area contributed by atoms with Crippen LogP contribution in [0.4, 0.5) is 5.13 Å². The molecule has 11 heteroatoms. The predicted molar refractivity (Wildman–Crippen MR) is 80.5 cm³/mol. The average molecular weight is 368 g/mol. The molecule has 0 saturated carbocycles. The minimum Gasteiger partial charge on any atom is -0.255 e. The lowest BCUT2D eigenvalue weighted by Gasteiger charge is -2.04. The van der Waals surface area contributed by atoms with Crippen LogP contribution in [0.3, 0.4) is 0 Å². The van der Waals surface area contributed by atoms with E-state index in [4.69, 9.17) is 16.7 Å². The fourth-order valence-electron chi connectivity index (χ4n) is 1.50. The van der Waals surface area contributed by atoms with Crippen LogP contribution in [0.5, 0.6) is 0 Å². The normalized spacial score (nSPS) is 12.3. The molecule has 1 aromatic heterocycles. The first-order chi connectivity index (χ1) is 9.59. The Morgan fingerprint density at radius 2 is 1.95 bits per heavy atom. The lowest BCUT2D eigenvalue weighted by Crippen LogP contribution is -2.12. The van der Waals surface area contributed by atoms with Gasteiger partial charge in [-0.05, 0) is 25.1 Å². The molecule has 114 valence electrons. The summed E-state index contributed by atoms with van der Waals surface area (Å²) in [5, 5.41) is 5.19. The average Bonchev–Trinajstić information content (AvgIpc) is 2.69. The molecule has 0 bridgehead atoms. The number of nitrogens with two attached hydrogens (primary N) is 1. The molecule has 0 aliphatic rings. The Morgan fingerprint density at radius 1 is 1.29 bits per heavy atom. The summed E-state index contributed by atoms with van der Waals surface area (Å²) in [6, 6.07) is 5.65. The fraction of sp³-hybridized carbons (Fsp3) is 0.100. The number of halogens is 1. The summed E-state index contributed by atoms with van der Waals surface area (Å²) in [5.74, 6) is 0. The first-order valence-electron chi connectivity index (χ1n) is 5.38. The van der Waals surface area contributed by atoms with E-state index in [0.29, 0.717) is 11.3 Å². The van der Waals surface area contributed by atoms with E-state index in [1.54, 1.807) is 0 Å². The lowest BCUT2D eigenvalue weighted by molar-refractivity contribution is 0.598. The molecule has 3 N–H and O–H groups in total. The second-order valence-corrected chi connectivity index (χ2v) is 8.87. The van der Waals surface area contributed by atoms with Crippen LogP contribution in [0, 0.1) is 6.92 Å². The lowest BCUT2D eigenvalue weighted by atomic mass is 10.4. The van der Waals surface area contributed by atoms with Crippen molar-refractivity contribution in [2.24, 2.45) is 5.14 Å². The van der Waals surface area contributed by atoms with Gasteiger partial charge in [0.2, 0.25) is 10.0 Å². The molecule has 7 nitrogen and oxygen atoms in total. The van der Waals surface area contributed by atoms with Crippen molar-refractivity contribution >= 4 is 48.1 Å². The standard InChI is InChI=1S/C10H10ClN3O4S3/c1-6-9(20(12,15)16)19-10(13-6)14-21(17,18)8-4-2-3-7(11)5-8/h2-5H,1H3,(H,13,14)(H2,12,15,16). The maximum Gasteiger partial charge on any atom is 0.263 e. The van der Waals surface area contributed by atoms with Gasteiger partial charge >= 0.3 is 0 Å². The molecule has 0 amide bonds. The summed E-state index contributed by atoms with van der Waals surface area (Å²) < 4.78 is 48.9. The Labute approximate surface area is 130 Å². The Bertz CT molecular complexity index is 890. The zero-order valence-corrected chi connectivity index (χ0v) is 13.8. The molecule has 0 aliphatic heterocycles. The third-order valence-corrected chi connectivity index (χ3v) is 6.67. The van der Waals surface area contributed by atoms with Crippen LogP contribution in [0.1, 0.15) is 5.69 Å². The van der Waals surface area contributed by atoms with Gasteiger partial charge < -0.3 is 0 Å². The number of hydrogen-bond donors (Lipinski definition) is 2. The van der Waals surface area contributed by atoms with Crippen LogP contribution in [0.25, 0.3) is 0 Å². The van der Waals surface area contributed by atoms with Crippen LogP contribution in [-0.2, 0) is 20.0 Å². The van der Waals surface area contributed by atoms with Gasteiger partial charge in [-0.3, -0.25) is 4.72 Å². The van der Waals surface area contributed by atoms with E-state index in [9.17, 15) is 16.8 Å². The fourth-order valence-corrected chi connectivity index (χ4v) is 4.89. The molecule has 2 aromatic rings. The third-order valence-electron chi connectivity index (χ3n) is 2.34. The van der Waals surface area contributed by atoms with Crippen molar-refractivity contribution in [1.82, 2.24) is 4.98 Å². The molecule has 0 saturated heterocycles. The van der Waals surface area contributed by atoms with Gasteiger partial charge in [0.1, 0.15) is 0 Å². The number of rotatable bonds is 4. The maximum atomic E-state index is 12.1. The molecule has 1 heterocycles. The molecular weight excluding hydrogens is 358 g/mol. The number of nitrogens with zero attached hydrogens (tertiary/aromatic N) is 1. The quantitative estimate of drug-likeness (QED) is 0.849. The Balaban J connectivity index is 2.38. The maximum absolute atomic E-state index is 12.1. The van der Waals surface area contributed by atoms with E-state index in [2.05, 4.69) is 9.71 Å². The molecule has 0 fully saturated rings. The molecule has 0 radical (unpaired) electrons. The van der Waals surface area contributed by atoms with Gasteiger partial charge in [-0.25, -0.2) is 27.0 Å². The molecular formula is C10H10ClN3O4S3. The summed E-state index contributed by atoms with van der Waals surface area (Å²) in [6.07, 6.45) is 0. The van der Waals surface area contributed by atoms with Gasteiger partial charge in [0.05, 0.1) is 10.6 Å². The van der Waals surface area contributed by atoms with Gasteiger partial charge in [0, 0.05) is 5.02 Å². The Hall–Kier alpha value is -1.20. The van der Waals surface area contributed by atoms with Crippen molar-refractivity contribution in [2.45, 2.75) is 16.0 Å². The Morgan fingerprint density at radius 3 is 2.48 bits per heavy atom. The summed E-state index contributed by atoms with van der Waals surface area (Å²) in [6.45, 7) is 1.42. The number of aromatic nitrogens is 1. The van der Waals surface area contributed by atoms with E-state index in [1.807, 2.05) is 0 Å². The second-order valence-electron chi connectivity index (χ2n) is 4.00. The van der Waals surface area contributed by atoms with Crippen LogP contribution < -0.4 is 9.86 Å². The van der Waals surface area contributed by atoms with Gasteiger partial charge in [-0.2, -0.15) is 0 Å². The molecule has 0 spiro atoms. The number of hydrogen-bond acceptors (Lipinski definition) is 6. The molecule has 0 unspecified atom stereocenters. The first-order valence-corrected chi connectivity index (χ1v) is 9.60. The largest absolute Gasteiger partial charge is 0.263 e. The van der Waals surface area contributed by atoms with Gasteiger partial charge in [0.15, 0.2) is 9.34 Å². The van der Waals surface area contributed by atoms with E-state index in [1.165, 1.54) is 31.2 Å². The van der Waals surface area contributed by atoms with Crippen LogP contribution in [0.2, 0.25) is 5.02 Å². The van der Waals surface area contributed by atoms with Crippen molar-refractivity contribution in [2.75, 3.05) is 4.72 Å². The van der Waals surface area contributed by atoms with Crippen LogP contribution >= 0.6 is 22.9 Å². The molecule has 2 rings (SSSR count). The summed E-state index contributed by atoms with van der Waals surface area (Å²) >= 11 is 6.39. The molecule has 0 aliphatic carbocycles. The summed E-state index contributed by atoms with van der Waals surface area (Å²) in [4.78, 5) is 3.79. The van der Waals surface area contributed by atoms with Gasteiger partial charge in [0.25, 0.3) is 10.0 Å². The number of nitrogens with one attached hydrogen (secondary N) is 1. The van der Waals surface area contributed by atoms with E-state index in [-0.39, 0.29) is 25.0 Å². The van der Waals surface area contributed by atoms with Crippen molar-refractivity contribution in [3.63, 3.8) is 0 Å². The zero-order valence-electron chi connectivity index (χ0n) is 10.6. The Kier molecular flexibility index (Phi) is 4.26. The summed E-state index contributed by atoms with van der Waals surface area (Å²) in [7, 11) is -7.85. The smallest absolute Gasteiger partial charge is 0.255 e. The van der Waals surface area contributed by atoms with E-state index in [0.717, 1.165) is 0 Å². The monoisotopic (exact) mass is 367 g/mol. The van der Waals surface area contributed by atoms with Crippen LogP contribution in [0.15, 0.2) is 33.4 Å². The molecule has 0 atom stereocenters. The van der Waals surface area contributed by atoms with Gasteiger partial charge in [-0.1, -0.05) is 29.0 Å². The number of primary sulfonamides is 1. The highest BCUT2D eigenvalue weighted by atomic mass is 35.5. The zero-order chi connectivity index (χ0) is 15.8. The minimum atomic E-state index is -3.94. The van der Waals surface area contributed by atoms with E-state index >= 15 is 0 Å². The van der Waals surface area contributed by atoms with Crippen LogP contribution in [-0.4, -0.2) is 21.8 Å². The SMILES string of the molecule is Cc1nc(NS(=O)(=O)c2cccc(Cl)c2)sc1S(N)(=O)=O. The van der Waals surface area contributed by atoms with Crippen molar-refractivity contribution < 1.29 is 16.8 Å². The number of benzene rings is 1. The number of anilines is 1. The van der Waals surface area contributed by atoms with E-state index < -0.39 is 20.0 Å². The number of aryl methyl sites for hydroxylation is 1. The molecule has 21 heavy (non-hydrogen) atoms. The van der Waals surface area contributed by atoms with Crippen molar-refractivity contribution in [3.05, 3.63) is 35.0 Å². The third kappa shape index (κ3) is 3.71. The summed E-state index contributed by atoms with van der Waals surface area (Å²) in [5.41, 5.74) is 0.131. The number of thiazole rings is 1. The highest BCUT2D eigenvalue weighted by Gasteiger charge is 2.21. The van der Waals surface area contributed by atoms with Crippen molar-refractivity contribution in [1.29, 1.82) is 0 Å². The number of sulfonamides is 2. The first kappa shape index (κ1) is 16.2. The van der Waals surface area contributed by atoms with Gasteiger partial charge in [-0.15, -0.1) is 0 Å². The molecule has 1 aromatic carbocycles. The second kappa shape index (κ2) is 5.54. The highest BCUT2D eigenvalue weighted by Crippen LogP contribution is 2.28. The predicted octanol–water partition coefficient (Wildman–Crippen LogP) is 1.55. The van der Waals surface area contributed by atoms with Crippen molar-refractivity contribution in [3.8, 4) is 0 Å². The highest BCUT2D eigenvalue weighted by molar-refractivity contribution is 7.93. The topological polar surface area (TPSA) is 119 Å². The minimum absolute atomic E-state index is 0.0555.